The van der Waals surface area contributed by atoms with Gasteiger partial charge < -0.3 is 15.2 Å². The predicted molar refractivity (Wildman–Crippen MR) is 76.4 cm³/mol. The second-order valence-electron chi connectivity index (χ2n) is 4.92. The van der Waals surface area contributed by atoms with E-state index in [2.05, 4.69) is 22.3 Å². The van der Waals surface area contributed by atoms with Crippen LogP contribution in [0.15, 0.2) is 24.3 Å². The average molecular weight is 264 g/mol. The largest absolute Gasteiger partial charge is 0.494 e. The van der Waals surface area contributed by atoms with Crippen LogP contribution in [0.5, 0.6) is 5.75 Å². The third-order valence-corrected chi connectivity index (χ3v) is 3.55. The molecule has 0 unspecified atom stereocenters. The number of hydrogen-bond donors (Lipinski definition) is 2. The van der Waals surface area contributed by atoms with Crippen LogP contribution in [0.4, 0.5) is 0 Å². The first-order valence-corrected chi connectivity index (χ1v) is 7.11. The molecule has 1 fully saturated rings. The van der Waals surface area contributed by atoms with Crippen LogP contribution in [0.25, 0.3) is 0 Å². The van der Waals surface area contributed by atoms with E-state index in [9.17, 15) is 0 Å². The molecule has 1 aliphatic rings. The van der Waals surface area contributed by atoms with Gasteiger partial charge in [-0.3, -0.25) is 4.90 Å². The molecule has 4 nitrogen and oxygen atoms in total. The quantitative estimate of drug-likeness (QED) is 0.811. The first-order valence-electron chi connectivity index (χ1n) is 7.11. The molecule has 0 saturated carbocycles. The van der Waals surface area contributed by atoms with Crippen molar-refractivity contribution in [1.29, 1.82) is 0 Å². The molecule has 0 spiro atoms. The van der Waals surface area contributed by atoms with Crippen molar-refractivity contribution in [3.63, 3.8) is 0 Å². The van der Waals surface area contributed by atoms with Crippen LogP contribution in [-0.2, 0) is 6.54 Å². The lowest BCUT2D eigenvalue weighted by Gasteiger charge is -2.36. The topological polar surface area (TPSA) is 44.7 Å². The molecule has 2 rings (SSSR count). The fourth-order valence-corrected chi connectivity index (χ4v) is 2.54. The van der Waals surface area contributed by atoms with Crippen LogP contribution in [-0.4, -0.2) is 48.9 Å². The zero-order chi connectivity index (χ0) is 13.5. The molecule has 0 aliphatic carbocycles. The normalized spacial score (nSPS) is 20.4. The Bertz CT molecular complexity index is 365. The maximum Gasteiger partial charge on any atom is 0.119 e. The van der Waals surface area contributed by atoms with E-state index < -0.39 is 0 Å². The van der Waals surface area contributed by atoms with Crippen molar-refractivity contribution in [2.75, 3.05) is 32.8 Å². The van der Waals surface area contributed by atoms with E-state index in [1.54, 1.807) is 0 Å². The van der Waals surface area contributed by atoms with Crippen LogP contribution in [0, 0.1) is 0 Å². The van der Waals surface area contributed by atoms with Crippen LogP contribution in [0.3, 0.4) is 0 Å². The molecule has 0 radical (unpaired) electrons. The zero-order valence-electron chi connectivity index (χ0n) is 11.6. The molecule has 106 valence electrons. The van der Waals surface area contributed by atoms with E-state index in [0.717, 1.165) is 38.3 Å². The predicted octanol–water partition coefficient (Wildman–Crippen LogP) is 1.24. The van der Waals surface area contributed by atoms with E-state index in [-0.39, 0.29) is 6.61 Å². The first kappa shape index (κ1) is 14.3. The Morgan fingerprint density at radius 1 is 1.37 bits per heavy atom. The van der Waals surface area contributed by atoms with Gasteiger partial charge in [0, 0.05) is 38.8 Å². The van der Waals surface area contributed by atoms with Gasteiger partial charge in [-0.05, 0) is 31.0 Å². The Morgan fingerprint density at radius 3 is 2.84 bits per heavy atom. The lowest BCUT2D eigenvalue weighted by Crippen LogP contribution is -2.51. The van der Waals surface area contributed by atoms with Crippen molar-refractivity contribution in [2.24, 2.45) is 0 Å². The van der Waals surface area contributed by atoms with Crippen LogP contribution in [0.1, 0.15) is 18.9 Å². The number of nitrogens with one attached hydrogen (secondary N) is 1. The number of aliphatic hydroxyl groups excluding tert-OH is 1. The Balaban J connectivity index is 1.94. The maximum absolute atomic E-state index is 9.13. The minimum atomic E-state index is 0.256. The molecule has 1 atom stereocenters. The molecule has 1 heterocycles. The fourth-order valence-electron chi connectivity index (χ4n) is 2.54. The lowest BCUT2D eigenvalue weighted by atomic mass is 10.1. The highest BCUT2D eigenvalue weighted by molar-refractivity contribution is 5.27. The van der Waals surface area contributed by atoms with Crippen molar-refractivity contribution in [3.05, 3.63) is 29.8 Å². The van der Waals surface area contributed by atoms with E-state index in [1.165, 1.54) is 5.56 Å². The van der Waals surface area contributed by atoms with Gasteiger partial charge in [0.15, 0.2) is 0 Å². The van der Waals surface area contributed by atoms with Gasteiger partial charge in [-0.15, -0.1) is 0 Å². The maximum atomic E-state index is 9.13. The Hall–Kier alpha value is -1.10. The van der Waals surface area contributed by atoms with Gasteiger partial charge in [-0.25, -0.2) is 0 Å². The molecule has 0 aromatic heterocycles. The summed E-state index contributed by atoms with van der Waals surface area (Å²) < 4.78 is 5.45. The molecule has 2 N–H and O–H groups in total. The second-order valence-corrected chi connectivity index (χ2v) is 4.92. The molecule has 1 aromatic carbocycles. The average Bonchev–Trinajstić information content (AvgIpc) is 2.44. The summed E-state index contributed by atoms with van der Waals surface area (Å²) in [5.41, 5.74) is 1.30. The minimum Gasteiger partial charge on any atom is -0.494 e. The third kappa shape index (κ3) is 4.20. The van der Waals surface area contributed by atoms with Gasteiger partial charge in [0.1, 0.15) is 5.75 Å². The number of aliphatic hydroxyl groups is 1. The summed E-state index contributed by atoms with van der Waals surface area (Å²) in [6.07, 6.45) is 0.837. The summed E-state index contributed by atoms with van der Waals surface area (Å²) in [6.45, 7) is 6.93. The van der Waals surface area contributed by atoms with E-state index >= 15 is 0 Å². The Kier molecular flexibility index (Phi) is 5.63. The lowest BCUT2D eigenvalue weighted by molar-refractivity contribution is 0.123. The monoisotopic (exact) mass is 264 g/mol. The van der Waals surface area contributed by atoms with Crippen LogP contribution in [0.2, 0.25) is 0 Å². The molecular formula is C15H24N2O2. The van der Waals surface area contributed by atoms with Crippen LogP contribution < -0.4 is 10.1 Å². The van der Waals surface area contributed by atoms with Gasteiger partial charge in [0.05, 0.1) is 6.61 Å². The van der Waals surface area contributed by atoms with E-state index in [0.29, 0.717) is 12.6 Å². The number of ether oxygens (including phenoxy) is 1. The smallest absolute Gasteiger partial charge is 0.119 e. The highest BCUT2D eigenvalue weighted by atomic mass is 16.5. The molecule has 0 bridgehead atoms. The summed E-state index contributed by atoms with van der Waals surface area (Å²) in [7, 11) is 0. The van der Waals surface area contributed by atoms with Gasteiger partial charge in [0.25, 0.3) is 0 Å². The third-order valence-electron chi connectivity index (χ3n) is 3.55. The number of piperazine rings is 1. The van der Waals surface area contributed by atoms with E-state index in [1.807, 2.05) is 19.1 Å². The summed E-state index contributed by atoms with van der Waals surface area (Å²) in [5, 5.41) is 12.5. The van der Waals surface area contributed by atoms with Crippen LogP contribution >= 0.6 is 0 Å². The Labute approximate surface area is 115 Å². The standard InChI is InChI=1S/C15H24N2O2/c1-2-19-15-5-3-13(4-6-15)12-17-9-8-16-11-14(17)7-10-18/h3-6,14,16,18H,2,7-12H2,1H3/t14-/m0/s1. The number of benzene rings is 1. The molecule has 1 saturated heterocycles. The SMILES string of the molecule is CCOc1ccc(CN2CCNC[C@@H]2CCO)cc1. The van der Waals surface area contributed by atoms with Crippen molar-refractivity contribution >= 4 is 0 Å². The van der Waals surface area contributed by atoms with Crippen molar-refractivity contribution in [3.8, 4) is 5.75 Å². The highest BCUT2D eigenvalue weighted by Crippen LogP contribution is 2.16. The number of rotatable bonds is 6. The van der Waals surface area contributed by atoms with E-state index in [4.69, 9.17) is 9.84 Å². The molecule has 1 aromatic rings. The van der Waals surface area contributed by atoms with Gasteiger partial charge in [-0.1, -0.05) is 12.1 Å². The summed E-state index contributed by atoms with van der Waals surface area (Å²) in [5.74, 6) is 0.929. The molecule has 4 heteroatoms. The molecular weight excluding hydrogens is 240 g/mol. The minimum absolute atomic E-state index is 0.256. The number of nitrogens with zero attached hydrogens (tertiary/aromatic N) is 1. The van der Waals surface area contributed by atoms with Crippen molar-refractivity contribution in [1.82, 2.24) is 10.2 Å². The van der Waals surface area contributed by atoms with Crippen molar-refractivity contribution in [2.45, 2.75) is 25.9 Å². The molecule has 0 amide bonds. The first-order chi connectivity index (χ1) is 9.33. The summed E-state index contributed by atoms with van der Waals surface area (Å²) in [6, 6.07) is 8.75. The molecule has 19 heavy (non-hydrogen) atoms. The number of hydrogen-bond acceptors (Lipinski definition) is 4. The molecule has 1 aliphatic heterocycles. The second kappa shape index (κ2) is 7.48. The fraction of sp³-hybridized carbons (Fsp3) is 0.600. The van der Waals surface area contributed by atoms with Crippen molar-refractivity contribution < 1.29 is 9.84 Å². The Morgan fingerprint density at radius 2 is 2.16 bits per heavy atom. The summed E-state index contributed by atoms with van der Waals surface area (Å²) >= 11 is 0. The summed E-state index contributed by atoms with van der Waals surface area (Å²) in [4.78, 5) is 2.45. The highest BCUT2D eigenvalue weighted by Gasteiger charge is 2.21. The van der Waals surface area contributed by atoms with Gasteiger partial charge in [0.2, 0.25) is 0 Å². The zero-order valence-corrected chi connectivity index (χ0v) is 11.6. The van der Waals surface area contributed by atoms with Gasteiger partial charge >= 0.3 is 0 Å². The van der Waals surface area contributed by atoms with Gasteiger partial charge in [-0.2, -0.15) is 0 Å².